The van der Waals surface area contributed by atoms with Gasteiger partial charge < -0.3 is 0 Å². The van der Waals surface area contributed by atoms with Gasteiger partial charge in [0.1, 0.15) is 0 Å². The summed E-state index contributed by atoms with van der Waals surface area (Å²) in [6.45, 7) is 8.16. The summed E-state index contributed by atoms with van der Waals surface area (Å²) >= 11 is 0. The molecule has 0 unspecified atom stereocenters. The average Bonchev–Trinajstić information content (AvgIpc) is 1.75. The van der Waals surface area contributed by atoms with Gasteiger partial charge in [0.15, 0.2) is 0 Å². The number of allylic oxidation sites excluding steroid dienone is 2. The van der Waals surface area contributed by atoms with Crippen LogP contribution < -0.4 is 0 Å². The zero-order valence-corrected chi connectivity index (χ0v) is 5.86. The third kappa shape index (κ3) is 26.5. The van der Waals surface area contributed by atoms with Gasteiger partial charge in [0.25, 0.3) is 0 Å². The highest BCUT2D eigenvalue weighted by molar-refractivity contribution is 4.73. The van der Waals surface area contributed by atoms with E-state index in [9.17, 15) is 0 Å². The lowest BCUT2D eigenvalue weighted by Crippen LogP contribution is -1.43. The lowest BCUT2D eigenvalue weighted by atomic mass is 10.4. The molecule has 0 nitrogen and oxygen atoms in total. The van der Waals surface area contributed by atoms with Gasteiger partial charge in [0.05, 0.1) is 0 Å². The zero-order chi connectivity index (χ0) is 6.12. The smallest absolute Gasteiger partial charge is 0.0379 e. The van der Waals surface area contributed by atoms with Crippen LogP contribution in [-0.4, -0.2) is 0 Å². The van der Waals surface area contributed by atoms with E-state index >= 15 is 0 Å². The number of hydrogen-bond donors (Lipinski definition) is 0. The first-order chi connectivity index (χ1) is 3.41. The van der Waals surface area contributed by atoms with Gasteiger partial charge in [0.2, 0.25) is 0 Å². The standard InChI is InChI=1S/C5H10.C2H6/c1-3-5-4-2;1-2/h3,5H,4H2,1-2H3;1-2H3. The Labute approximate surface area is 47.2 Å². The molecule has 0 aliphatic heterocycles. The Balaban J connectivity index is 0. The summed E-state index contributed by atoms with van der Waals surface area (Å²) in [5, 5.41) is 0. The summed E-state index contributed by atoms with van der Waals surface area (Å²) in [4.78, 5) is 0. The average molecular weight is 100 g/mol. The van der Waals surface area contributed by atoms with Crippen LogP contribution in [0.4, 0.5) is 0 Å². The molecule has 0 N–H and O–H groups in total. The summed E-state index contributed by atoms with van der Waals surface area (Å²) < 4.78 is 0. The molecular formula is C7H16. The third-order valence-corrected chi connectivity index (χ3v) is 0.471. The first-order valence-corrected chi connectivity index (χ1v) is 3.03. The molecule has 0 atom stereocenters. The highest BCUT2D eigenvalue weighted by Gasteiger charge is 1.52. The summed E-state index contributed by atoms with van der Waals surface area (Å²) in [5.74, 6) is 0. The lowest BCUT2D eigenvalue weighted by Gasteiger charge is -1.65. The first-order valence-electron chi connectivity index (χ1n) is 3.03. The Morgan fingerprint density at radius 1 is 1.29 bits per heavy atom. The Hall–Kier alpha value is -0.260. The fourth-order valence-corrected chi connectivity index (χ4v) is 0.236. The van der Waals surface area contributed by atoms with Crippen LogP contribution >= 0.6 is 0 Å². The Kier molecular flexibility index (Phi) is 24.3. The molecule has 0 spiro atoms. The highest BCUT2D eigenvalue weighted by Crippen LogP contribution is 1.73. The molecule has 0 fully saturated rings. The van der Waals surface area contributed by atoms with E-state index in [-0.39, 0.29) is 0 Å². The Morgan fingerprint density at radius 2 is 1.71 bits per heavy atom. The minimum Gasteiger partial charge on any atom is -0.0917 e. The van der Waals surface area contributed by atoms with Gasteiger partial charge in [-0.25, -0.2) is 0 Å². The van der Waals surface area contributed by atoms with Gasteiger partial charge in [-0.3, -0.25) is 0 Å². The Morgan fingerprint density at radius 3 is 1.71 bits per heavy atom. The SMILES string of the molecule is CC.CC=CCC. The monoisotopic (exact) mass is 100 g/mol. The minimum absolute atomic E-state index is 1.16. The van der Waals surface area contributed by atoms with Crippen LogP contribution in [0.5, 0.6) is 0 Å². The third-order valence-electron chi connectivity index (χ3n) is 0.471. The fraction of sp³-hybridized carbons (Fsp3) is 0.714. The van der Waals surface area contributed by atoms with E-state index in [0.717, 1.165) is 6.42 Å². The molecule has 0 heteroatoms. The predicted octanol–water partition coefficient (Wildman–Crippen LogP) is 3.00. The molecule has 0 aliphatic carbocycles. The van der Waals surface area contributed by atoms with Crippen molar-refractivity contribution in [1.29, 1.82) is 0 Å². The molecule has 0 bridgehead atoms. The summed E-state index contributed by atoms with van der Waals surface area (Å²) in [6, 6.07) is 0. The molecule has 0 aromatic carbocycles. The molecule has 44 valence electrons. The zero-order valence-electron chi connectivity index (χ0n) is 5.86. The van der Waals surface area contributed by atoms with E-state index in [2.05, 4.69) is 19.1 Å². The largest absolute Gasteiger partial charge is 0.0917 e. The van der Waals surface area contributed by atoms with E-state index in [0.29, 0.717) is 0 Å². The van der Waals surface area contributed by atoms with Crippen molar-refractivity contribution in [2.45, 2.75) is 34.1 Å². The van der Waals surface area contributed by atoms with Gasteiger partial charge in [-0.2, -0.15) is 0 Å². The van der Waals surface area contributed by atoms with Crippen LogP contribution in [-0.2, 0) is 0 Å². The molecule has 0 aliphatic rings. The Bertz CT molecular complexity index is 27.0. The number of rotatable bonds is 1. The van der Waals surface area contributed by atoms with Crippen LogP contribution in [0.15, 0.2) is 12.2 Å². The van der Waals surface area contributed by atoms with Crippen molar-refractivity contribution in [1.82, 2.24) is 0 Å². The van der Waals surface area contributed by atoms with Crippen molar-refractivity contribution in [3.63, 3.8) is 0 Å². The molecule has 7 heavy (non-hydrogen) atoms. The maximum Gasteiger partial charge on any atom is -0.0379 e. The van der Waals surface area contributed by atoms with Gasteiger partial charge in [0, 0.05) is 0 Å². The molecule has 0 rings (SSSR count). The fourth-order valence-electron chi connectivity index (χ4n) is 0.236. The highest BCUT2D eigenvalue weighted by atomic mass is 13.6. The summed E-state index contributed by atoms with van der Waals surface area (Å²) in [5.41, 5.74) is 0. The normalized spacial score (nSPS) is 8.00. The van der Waals surface area contributed by atoms with E-state index in [1.165, 1.54) is 0 Å². The topological polar surface area (TPSA) is 0 Å². The van der Waals surface area contributed by atoms with Crippen molar-refractivity contribution in [2.24, 2.45) is 0 Å². The van der Waals surface area contributed by atoms with E-state index in [4.69, 9.17) is 0 Å². The molecular weight excluding hydrogens is 84.1 g/mol. The second kappa shape index (κ2) is 17.2. The van der Waals surface area contributed by atoms with Gasteiger partial charge in [-0.1, -0.05) is 32.9 Å². The predicted molar refractivity (Wildman–Crippen MR) is 36.5 cm³/mol. The van der Waals surface area contributed by atoms with Gasteiger partial charge >= 0.3 is 0 Å². The minimum atomic E-state index is 1.16. The molecule has 0 saturated heterocycles. The second-order valence-electron chi connectivity index (χ2n) is 0.977. The molecule has 0 heterocycles. The van der Waals surface area contributed by atoms with Crippen LogP contribution in [0.3, 0.4) is 0 Å². The van der Waals surface area contributed by atoms with Crippen LogP contribution in [0.1, 0.15) is 34.1 Å². The number of hydrogen-bond acceptors (Lipinski definition) is 0. The van der Waals surface area contributed by atoms with Crippen molar-refractivity contribution in [3.8, 4) is 0 Å². The van der Waals surface area contributed by atoms with Crippen molar-refractivity contribution < 1.29 is 0 Å². The second-order valence-corrected chi connectivity index (χ2v) is 0.977. The van der Waals surface area contributed by atoms with E-state index < -0.39 is 0 Å². The lowest BCUT2D eigenvalue weighted by molar-refractivity contribution is 1.22. The van der Waals surface area contributed by atoms with Crippen LogP contribution in [0.25, 0.3) is 0 Å². The molecule has 0 radical (unpaired) electrons. The van der Waals surface area contributed by atoms with Crippen LogP contribution in [0, 0.1) is 0 Å². The van der Waals surface area contributed by atoms with Crippen molar-refractivity contribution >= 4 is 0 Å². The molecule has 0 amide bonds. The quantitative estimate of drug-likeness (QED) is 0.444. The van der Waals surface area contributed by atoms with E-state index in [1.807, 2.05) is 20.8 Å². The van der Waals surface area contributed by atoms with E-state index in [1.54, 1.807) is 0 Å². The van der Waals surface area contributed by atoms with Gasteiger partial charge in [-0.15, -0.1) is 0 Å². The van der Waals surface area contributed by atoms with Crippen LogP contribution in [0.2, 0.25) is 0 Å². The maximum atomic E-state index is 2.12. The van der Waals surface area contributed by atoms with Crippen molar-refractivity contribution in [3.05, 3.63) is 12.2 Å². The molecule has 0 aromatic heterocycles. The maximum absolute atomic E-state index is 2.12. The van der Waals surface area contributed by atoms with Crippen molar-refractivity contribution in [2.75, 3.05) is 0 Å². The first kappa shape index (κ1) is 9.88. The molecule has 0 saturated carbocycles. The summed E-state index contributed by atoms with van der Waals surface area (Å²) in [7, 11) is 0. The van der Waals surface area contributed by atoms with Gasteiger partial charge in [-0.05, 0) is 13.3 Å². The molecule has 0 aromatic rings. The summed E-state index contributed by atoms with van der Waals surface area (Å²) in [6.07, 6.45) is 5.34.